The van der Waals surface area contributed by atoms with Crippen LogP contribution in [0.1, 0.15) is 28.8 Å². The minimum Gasteiger partial charge on any atom is -0.493 e. The second kappa shape index (κ2) is 9.57. The maximum Gasteiger partial charge on any atom is 0.339 e. The van der Waals surface area contributed by atoms with Gasteiger partial charge in [-0.15, -0.1) is 0 Å². The van der Waals surface area contributed by atoms with E-state index in [2.05, 4.69) is 0 Å². The zero-order chi connectivity index (χ0) is 17.2. The number of ether oxygens (including phenoxy) is 3. The molecule has 2 aromatic carbocycles. The van der Waals surface area contributed by atoms with Crippen LogP contribution in [0, 0.1) is 0 Å². The van der Waals surface area contributed by atoms with E-state index in [0.717, 1.165) is 18.4 Å². The lowest BCUT2D eigenvalue weighted by atomic mass is 10.2. The normalized spacial score (nSPS) is 10.4. The molecule has 0 radical (unpaired) electrons. The van der Waals surface area contributed by atoms with Gasteiger partial charge in [0.25, 0.3) is 0 Å². The lowest BCUT2D eigenvalue weighted by Crippen LogP contribution is -2.06. The summed E-state index contributed by atoms with van der Waals surface area (Å²) in [5.74, 6) is -0.113. The van der Waals surface area contributed by atoms with Gasteiger partial charge in [-0.1, -0.05) is 30.3 Å². The van der Waals surface area contributed by atoms with Crippen LogP contribution in [-0.2, 0) is 11.3 Å². The van der Waals surface area contributed by atoms with Gasteiger partial charge in [-0.2, -0.15) is 0 Å². The second-order valence-electron chi connectivity index (χ2n) is 5.29. The number of unbranched alkanes of at least 4 members (excludes halogenated alkanes) is 1. The molecule has 0 aliphatic rings. The number of aromatic carboxylic acids is 1. The van der Waals surface area contributed by atoms with Crippen LogP contribution in [0.15, 0.2) is 48.5 Å². The highest BCUT2D eigenvalue weighted by molar-refractivity contribution is 5.91. The minimum absolute atomic E-state index is 0.133. The van der Waals surface area contributed by atoms with Crippen LogP contribution < -0.4 is 9.47 Å². The molecule has 5 heteroatoms. The van der Waals surface area contributed by atoms with Crippen LogP contribution in [0.3, 0.4) is 0 Å². The second-order valence-corrected chi connectivity index (χ2v) is 5.29. The summed E-state index contributed by atoms with van der Waals surface area (Å²) >= 11 is 0. The quantitative estimate of drug-likeness (QED) is 0.672. The van der Waals surface area contributed by atoms with E-state index in [4.69, 9.17) is 14.2 Å². The summed E-state index contributed by atoms with van der Waals surface area (Å²) in [5.41, 5.74) is 1.18. The molecule has 0 aliphatic carbocycles. The van der Waals surface area contributed by atoms with Gasteiger partial charge in [0.2, 0.25) is 0 Å². The number of methoxy groups -OCH3 is 1. The summed E-state index contributed by atoms with van der Waals surface area (Å²) in [6, 6.07) is 14.6. The highest BCUT2D eigenvalue weighted by atomic mass is 16.5. The van der Waals surface area contributed by atoms with Gasteiger partial charge < -0.3 is 19.3 Å². The van der Waals surface area contributed by atoms with E-state index < -0.39 is 5.97 Å². The fourth-order valence-electron chi connectivity index (χ4n) is 2.16. The molecule has 0 heterocycles. The maximum absolute atomic E-state index is 11.3. The topological polar surface area (TPSA) is 65.0 Å². The van der Waals surface area contributed by atoms with Crippen LogP contribution >= 0.6 is 0 Å². The van der Waals surface area contributed by atoms with Gasteiger partial charge in [-0.3, -0.25) is 0 Å². The van der Waals surface area contributed by atoms with E-state index in [1.54, 1.807) is 19.2 Å². The van der Waals surface area contributed by atoms with Crippen molar-refractivity contribution in [1.29, 1.82) is 0 Å². The van der Waals surface area contributed by atoms with Gasteiger partial charge in [-0.25, -0.2) is 4.79 Å². The van der Waals surface area contributed by atoms with Gasteiger partial charge in [0.1, 0.15) is 23.7 Å². The Morgan fingerprint density at radius 2 is 1.75 bits per heavy atom. The molecule has 2 rings (SSSR count). The molecule has 0 fully saturated rings. The summed E-state index contributed by atoms with van der Waals surface area (Å²) in [7, 11) is 1.65. The van der Waals surface area contributed by atoms with Crippen molar-refractivity contribution in [1.82, 2.24) is 0 Å². The number of hydrogen-bond acceptors (Lipinski definition) is 4. The first-order chi connectivity index (χ1) is 11.7. The lowest BCUT2D eigenvalue weighted by Gasteiger charge is -2.12. The average molecular weight is 330 g/mol. The molecule has 0 spiro atoms. The van der Waals surface area contributed by atoms with Crippen molar-refractivity contribution in [3.8, 4) is 11.5 Å². The van der Waals surface area contributed by atoms with Gasteiger partial charge >= 0.3 is 5.97 Å². The lowest BCUT2D eigenvalue weighted by molar-refractivity contribution is 0.0692. The molecule has 0 unspecified atom stereocenters. The monoisotopic (exact) mass is 330 g/mol. The van der Waals surface area contributed by atoms with Crippen LogP contribution in [0.2, 0.25) is 0 Å². The Morgan fingerprint density at radius 1 is 1.00 bits per heavy atom. The van der Waals surface area contributed by atoms with Crippen molar-refractivity contribution in [3.63, 3.8) is 0 Å². The zero-order valence-electron chi connectivity index (χ0n) is 13.7. The third-order valence-corrected chi connectivity index (χ3v) is 3.43. The first kappa shape index (κ1) is 17.8. The third kappa shape index (κ3) is 5.59. The molecule has 0 saturated heterocycles. The number of rotatable bonds is 10. The number of carboxylic acids is 1. The minimum atomic E-state index is -1.02. The average Bonchev–Trinajstić information content (AvgIpc) is 2.60. The molecule has 5 nitrogen and oxygen atoms in total. The van der Waals surface area contributed by atoms with Gasteiger partial charge in [0.05, 0.1) is 6.61 Å². The van der Waals surface area contributed by atoms with Gasteiger partial charge in [-0.05, 0) is 30.5 Å². The molecule has 0 aliphatic heterocycles. The van der Waals surface area contributed by atoms with Crippen molar-refractivity contribution in [2.45, 2.75) is 19.4 Å². The first-order valence-corrected chi connectivity index (χ1v) is 7.86. The van der Waals surface area contributed by atoms with Crippen molar-refractivity contribution in [3.05, 3.63) is 59.7 Å². The Labute approximate surface area is 141 Å². The van der Waals surface area contributed by atoms with Crippen LogP contribution in [0.25, 0.3) is 0 Å². The molecule has 2 aromatic rings. The Bertz CT molecular complexity index is 639. The Hall–Kier alpha value is -2.53. The van der Waals surface area contributed by atoms with Crippen LogP contribution in [-0.4, -0.2) is 31.4 Å². The van der Waals surface area contributed by atoms with Crippen molar-refractivity contribution in [2.75, 3.05) is 20.3 Å². The number of carbonyl (C=O) groups is 1. The molecule has 0 atom stereocenters. The van der Waals surface area contributed by atoms with E-state index in [9.17, 15) is 9.90 Å². The molecular formula is C19H22O5. The fraction of sp³-hybridized carbons (Fsp3) is 0.316. The number of benzene rings is 2. The molecule has 0 aromatic heterocycles. The van der Waals surface area contributed by atoms with Crippen LogP contribution in [0.5, 0.6) is 11.5 Å². The molecule has 128 valence electrons. The number of carboxylic acid groups (broad SMARTS) is 1. The molecule has 0 bridgehead atoms. The summed E-state index contributed by atoms with van der Waals surface area (Å²) in [6.07, 6.45) is 1.66. The van der Waals surface area contributed by atoms with Crippen molar-refractivity contribution < 1.29 is 24.1 Å². The standard InChI is InChI=1S/C19H22O5/c1-22-11-5-6-12-23-18-13-16(9-10-17(18)19(20)21)24-14-15-7-3-2-4-8-15/h2-4,7-10,13H,5-6,11-12,14H2,1H3,(H,20,21). The highest BCUT2D eigenvalue weighted by Gasteiger charge is 2.13. The van der Waals surface area contributed by atoms with E-state index in [1.165, 1.54) is 6.07 Å². The predicted octanol–water partition coefficient (Wildman–Crippen LogP) is 3.77. The van der Waals surface area contributed by atoms with Gasteiger partial charge in [0.15, 0.2) is 0 Å². The molecule has 24 heavy (non-hydrogen) atoms. The third-order valence-electron chi connectivity index (χ3n) is 3.43. The Kier molecular flexibility index (Phi) is 7.11. The first-order valence-electron chi connectivity index (χ1n) is 7.86. The SMILES string of the molecule is COCCCCOc1cc(OCc2ccccc2)ccc1C(=O)O. The largest absolute Gasteiger partial charge is 0.493 e. The highest BCUT2D eigenvalue weighted by Crippen LogP contribution is 2.26. The van der Waals surface area contributed by atoms with E-state index >= 15 is 0 Å². The smallest absolute Gasteiger partial charge is 0.339 e. The Balaban J connectivity index is 1.99. The summed E-state index contributed by atoms with van der Waals surface area (Å²) < 4.78 is 16.3. The molecule has 0 saturated carbocycles. The predicted molar refractivity (Wildman–Crippen MR) is 90.8 cm³/mol. The van der Waals surface area contributed by atoms with Crippen LogP contribution in [0.4, 0.5) is 0 Å². The Morgan fingerprint density at radius 3 is 2.46 bits per heavy atom. The summed E-state index contributed by atoms with van der Waals surface area (Å²) in [6.45, 7) is 1.52. The van der Waals surface area contributed by atoms with Crippen molar-refractivity contribution in [2.24, 2.45) is 0 Å². The zero-order valence-corrected chi connectivity index (χ0v) is 13.7. The molecule has 1 N–H and O–H groups in total. The summed E-state index contributed by atoms with van der Waals surface area (Å²) in [4.78, 5) is 11.3. The number of hydrogen-bond donors (Lipinski definition) is 1. The van der Waals surface area contributed by atoms with E-state index in [-0.39, 0.29) is 5.56 Å². The van der Waals surface area contributed by atoms with E-state index in [0.29, 0.717) is 31.3 Å². The molecular weight excluding hydrogens is 308 g/mol. The maximum atomic E-state index is 11.3. The molecule has 0 amide bonds. The summed E-state index contributed by atoms with van der Waals surface area (Å²) in [5, 5.41) is 9.26. The van der Waals surface area contributed by atoms with E-state index in [1.807, 2.05) is 30.3 Å². The van der Waals surface area contributed by atoms with Gasteiger partial charge in [0, 0.05) is 19.8 Å². The fourth-order valence-corrected chi connectivity index (χ4v) is 2.16. The van der Waals surface area contributed by atoms with Crippen molar-refractivity contribution >= 4 is 5.97 Å².